The van der Waals surface area contributed by atoms with Crippen LogP contribution < -0.4 is 19.5 Å². The normalized spacial score (nSPS) is 17.0. The summed E-state index contributed by atoms with van der Waals surface area (Å²) in [5, 5.41) is 2.90. The van der Waals surface area contributed by atoms with Crippen molar-refractivity contribution >= 4 is 15.9 Å². The van der Waals surface area contributed by atoms with E-state index in [0.717, 1.165) is 11.3 Å². The van der Waals surface area contributed by atoms with Gasteiger partial charge in [-0.05, 0) is 29.8 Å². The van der Waals surface area contributed by atoms with Crippen molar-refractivity contribution < 1.29 is 27.4 Å². The summed E-state index contributed by atoms with van der Waals surface area (Å²) in [5.74, 6) is 1.68. The Morgan fingerprint density at radius 3 is 2.38 bits per heavy atom. The van der Waals surface area contributed by atoms with Crippen molar-refractivity contribution in [2.45, 2.75) is 11.4 Å². The molecule has 2 aromatic rings. The molecule has 10 heteroatoms. The third kappa shape index (κ3) is 5.14. The van der Waals surface area contributed by atoms with Crippen LogP contribution in [0.1, 0.15) is 5.56 Å². The number of nitrogens with zero attached hydrogens (tertiary/aromatic N) is 2. The Bertz CT molecular complexity index is 1050. The number of nitrogens with one attached hydrogen (secondary N) is 1. The molecule has 1 amide bonds. The number of fused-ring (bicyclic) bond motifs is 1. The fraction of sp³-hybridized carbons (Fsp3) is 0.409. The second-order valence-corrected chi connectivity index (χ2v) is 9.55. The van der Waals surface area contributed by atoms with Gasteiger partial charge in [0, 0.05) is 38.8 Å². The average molecular weight is 462 g/mol. The summed E-state index contributed by atoms with van der Waals surface area (Å²) >= 11 is 0. The van der Waals surface area contributed by atoms with Gasteiger partial charge in [-0.1, -0.05) is 12.1 Å². The maximum atomic E-state index is 13.0. The smallest absolute Gasteiger partial charge is 0.243 e. The predicted molar refractivity (Wildman–Crippen MR) is 117 cm³/mol. The molecule has 0 aromatic heterocycles. The van der Waals surface area contributed by atoms with Crippen LogP contribution in [-0.2, 0) is 21.4 Å². The molecule has 2 aliphatic heterocycles. The van der Waals surface area contributed by atoms with Gasteiger partial charge in [-0.25, -0.2) is 8.42 Å². The van der Waals surface area contributed by atoms with Gasteiger partial charge >= 0.3 is 0 Å². The first kappa shape index (κ1) is 22.4. The molecule has 32 heavy (non-hydrogen) atoms. The van der Waals surface area contributed by atoms with Crippen molar-refractivity contribution in [2.24, 2.45) is 0 Å². The van der Waals surface area contributed by atoms with Gasteiger partial charge in [-0.15, -0.1) is 0 Å². The van der Waals surface area contributed by atoms with Gasteiger partial charge in [-0.3, -0.25) is 9.69 Å². The van der Waals surface area contributed by atoms with E-state index in [1.165, 1.54) is 10.4 Å². The predicted octanol–water partition coefficient (Wildman–Crippen LogP) is 1.09. The Kier molecular flexibility index (Phi) is 6.83. The number of hydrogen-bond donors (Lipinski definition) is 1. The van der Waals surface area contributed by atoms with Gasteiger partial charge in [0.2, 0.25) is 15.9 Å². The standard InChI is InChI=1S/C22H27N3O6S/c1-29-18-4-2-17(3-5-18)15-23-22(26)16-24-8-10-25(11-9-24)32(27,28)19-6-7-20-21(14-19)31-13-12-30-20/h2-7,14H,8-13,15-16H2,1H3,(H,23,26). The van der Waals surface area contributed by atoms with Gasteiger partial charge in [0.05, 0.1) is 18.6 Å². The van der Waals surface area contributed by atoms with E-state index in [4.69, 9.17) is 14.2 Å². The minimum Gasteiger partial charge on any atom is -0.497 e. The molecule has 1 N–H and O–H groups in total. The van der Waals surface area contributed by atoms with E-state index in [1.54, 1.807) is 19.2 Å². The van der Waals surface area contributed by atoms with E-state index in [0.29, 0.717) is 57.4 Å². The zero-order valence-electron chi connectivity index (χ0n) is 18.0. The summed E-state index contributed by atoms with van der Waals surface area (Å²) in [7, 11) is -2.03. The van der Waals surface area contributed by atoms with E-state index in [2.05, 4.69) is 5.32 Å². The van der Waals surface area contributed by atoms with Crippen molar-refractivity contribution in [2.75, 3.05) is 53.0 Å². The highest BCUT2D eigenvalue weighted by Gasteiger charge is 2.30. The summed E-state index contributed by atoms with van der Waals surface area (Å²) in [5.41, 5.74) is 0.981. The van der Waals surface area contributed by atoms with Crippen molar-refractivity contribution in [3.63, 3.8) is 0 Å². The average Bonchev–Trinajstić information content (AvgIpc) is 2.83. The molecule has 172 valence electrons. The number of rotatable bonds is 7. The lowest BCUT2D eigenvalue weighted by atomic mass is 10.2. The summed E-state index contributed by atoms with van der Waals surface area (Å²) in [6.45, 7) is 3.13. The Morgan fingerprint density at radius 1 is 1.00 bits per heavy atom. The zero-order valence-corrected chi connectivity index (χ0v) is 18.8. The molecule has 0 atom stereocenters. The summed E-state index contributed by atoms with van der Waals surface area (Å²) < 4.78 is 43.6. The highest BCUT2D eigenvalue weighted by molar-refractivity contribution is 7.89. The first-order valence-electron chi connectivity index (χ1n) is 10.5. The minimum absolute atomic E-state index is 0.0936. The molecule has 2 heterocycles. The Balaban J connectivity index is 1.27. The third-order valence-electron chi connectivity index (χ3n) is 5.50. The second kappa shape index (κ2) is 9.76. The van der Waals surface area contributed by atoms with Gasteiger partial charge < -0.3 is 19.5 Å². The van der Waals surface area contributed by atoms with Gasteiger partial charge in [0.1, 0.15) is 19.0 Å². The molecule has 0 spiro atoms. The zero-order chi connectivity index (χ0) is 22.6. The summed E-state index contributed by atoms with van der Waals surface area (Å²) in [6.07, 6.45) is 0. The maximum absolute atomic E-state index is 13.0. The molecule has 0 saturated carbocycles. The van der Waals surface area contributed by atoms with Crippen LogP contribution in [0.4, 0.5) is 0 Å². The van der Waals surface area contributed by atoms with Crippen LogP contribution in [0.5, 0.6) is 17.2 Å². The van der Waals surface area contributed by atoms with E-state index in [-0.39, 0.29) is 17.3 Å². The number of piperazine rings is 1. The Hall–Kier alpha value is -2.82. The number of sulfonamides is 1. The molecule has 0 aliphatic carbocycles. The maximum Gasteiger partial charge on any atom is 0.243 e. The molecule has 1 fully saturated rings. The van der Waals surface area contributed by atoms with Crippen molar-refractivity contribution in [3.05, 3.63) is 48.0 Å². The van der Waals surface area contributed by atoms with Crippen LogP contribution in [0, 0.1) is 0 Å². The number of carbonyl (C=O) groups excluding carboxylic acids is 1. The van der Waals surface area contributed by atoms with Crippen LogP contribution in [0.15, 0.2) is 47.4 Å². The lowest BCUT2D eigenvalue weighted by Crippen LogP contribution is -2.50. The minimum atomic E-state index is -3.64. The van der Waals surface area contributed by atoms with Crippen molar-refractivity contribution in [1.82, 2.24) is 14.5 Å². The molecule has 0 bridgehead atoms. The van der Waals surface area contributed by atoms with Crippen LogP contribution in [0.2, 0.25) is 0 Å². The molecular weight excluding hydrogens is 434 g/mol. The lowest BCUT2D eigenvalue weighted by Gasteiger charge is -2.33. The topological polar surface area (TPSA) is 97.4 Å². The third-order valence-corrected chi connectivity index (χ3v) is 7.39. The first-order valence-corrected chi connectivity index (χ1v) is 11.9. The molecule has 0 radical (unpaired) electrons. The summed E-state index contributed by atoms with van der Waals surface area (Å²) in [6, 6.07) is 12.2. The van der Waals surface area contributed by atoms with Gasteiger partial charge in [-0.2, -0.15) is 4.31 Å². The number of methoxy groups -OCH3 is 1. The highest BCUT2D eigenvalue weighted by Crippen LogP contribution is 2.33. The molecule has 9 nitrogen and oxygen atoms in total. The van der Waals surface area contributed by atoms with E-state index in [9.17, 15) is 13.2 Å². The quantitative estimate of drug-likeness (QED) is 0.659. The van der Waals surface area contributed by atoms with Crippen LogP contribution in [0.25, 0.3) is 0 Å². The Labute approximate surface area is 187 Å². The first-order chi connectivity index (χ1) is 15.5. The largest absolute Gasteiger partial charge is 0.497 e. The Morgan fingerprint density at radius 2 is 1.69 bits per heavy atom. The second-order valence-electron chi connectivity index (χ2n) is 7.61. The number of carbonyl (C=O) groups is 1. The van der Waals surface area contributed by atoms with Crippen molar-refractivity contribution in [3.8, 4) is 17.2 Å². The van der Waals surface area contributed by atoms with E-state index in [1.807, 2.05) is 29.2 Å². The SMILES string of the molecule is COc1ccc(CNC(=O)CN2CCN(S(=O)(=O)c3ccc4c(c3)OCCO4)CC2)cc1. The van der Waals surface area contributed by atoms with Crippen LogP contribution in [0.3, 0.4) is 0 Å². The van der Waals surface area contributed by atoms with Crippen LogP contribution in [-0.4, -0.2) is 76.6 Å². The van der Waals surface area contributed by atoms with Gasteiger partial charge in [0.15, 0.2) is 11.5 Å². The highest BCUT2D eigenvalue weighted by atomic mass is 32.2. The fourth-order valence-electron chi connectivity index (χ4n) is 3.66. The number of benzene rings is 2. The molecule has 0 unspecified atom stereocenters. The summed E-state index contributed by atoms with van der Waals surface area (Å²) in [4.78, 5) is 14.5. The fourth-order valence-corrected chi connectivity index (χ4v) is 5.10. The molecular formula is C22H27N3O6S. The lowest BCUT2D eigenvalue weighted by molar-refractivity contribution is -0.122. The molecule has 4 rings (SSSR count). The van der Waals surface area contributed by atoms with E-state index >= 15 is 0 Å². The molecule has 1 saturated heterocycles. The number of hydrogen-bond acceptors (Lipinski definition) is 7. The van der Waals surface area contributed by atoms with Crippen LogP contribution >= 0.6 is 0 Å². The number of ether oxygens (including phenoxy) is 3. The molecule has 2 aromatic carbocycles. The van der Waals surface area contributed by atoms with E-state index < -0.39 is 10.0 Å². The number of amides is 1. The van der Waals surface area contributed by atoms with Crippen molar-refractivity contribution in [1.29, 1.82) is 0 Å². The molecule has 2 aliphatic rings. The monoisotopic (exact) mass is 461 g/mol. The van der Waals surface area contributed by atoms with Gasteiger partial charge in [0.25, 0.3) is 0 Å².